The van der Waals surface area contributed by atoms with Gasteiger partial charge in [-0.05, 0) is 42.4 Å². The molecule has 0 heterocycles. The second-order valence-corrected chi connectivity index (χ2v) is 7.22. The summed E-state index contributed by atoms with van der Waals surface area (Å²) in [6.07, 6.45) is 4.17. The highest BCUT2D eigenvalue weighted by atomic mass is 32.2. The Morgan fingerprint density at radius 3 is 2.60 bits per heavy atom. The van der Waals surface area contributed by atoms with Crippen molar-refractivity contribution in [1.82, 2.24) is 4.72 Å². The smallest absolute Gasteiger partial charge is 0.241 e. The first kappa shape index (κ1) is 15.4. The molecule has 1 fully saturated rings. The van der Waals surface area contributed by atoms with Crippen LogP contribution in [0.5, 0.6) is 0 Å². The number of halogens is 1. The number of sulfonamides is 1. The van der Waals surface area contributed by atoms with E-state index in [2.05, 4.69) is 11.6 Å². The number of hydrogen-bond donors (Lipinski definition) is 2. The molecule has 1 saturated carbocycles. The second-order valence-electron chi connectivity index (χ2n) is 5.49. The van der Waals surface area contributed by atoms with Crippen LogP contribution in [0.3, 0.4) is 0 Å². The third-order valence-corrected chi connectivity index (χ3v) is 5.82. The SMILES string of the molecule is CCC1(CNS(=O)(=O)c2cc(F)ccc2CN)CCC1. The average molecular weight is 300 g/mol. The van der Waals surface area contributed by atoms with Crippen LogP contribution in [0.4, 0.5) is 4.39 Å². The fourth-order valence-corrected chi connectivity index (χ4v) is 4.02. The van der Waals surface area contributed by atoms with E-state index in [4.69, 9.17) is 5.73 Å². The zero-order valence-electron chi connectivity index (χ0n) is 11.7. The predicted octanol–water partition coefficient (Wildman–Crippen LogP) is 2.14. The van der Waals surface area contributed by atoms with Crippen LogP contribution < -0.4 is 10.5 Å². The molecule has 112 valence electrons. The Bertz CT molecular complexity index is 577. The Hall–Kier alpha value is -0.980. The Balaban J connectivity index is 2.20. The molecular formula is C14H21FN2O2S. The van der Waals surface area contributed by atoms with Crippen LogP contribution in [0.25, 0.3) is 0 Å². The molecule has 1 aromatic rings. The van der Waals surface area contributed by atoms with Crippen molar-refractivity contribution < 1.29 is 12.8 Å². The van der Waals surface area contributed by atoms with Gasteiger partial charge in [-0.15, -0.1) is 0 Å². The van der Waals surface area contributed by atoms with E-state index in [-0.39, 0.29) is 16.9 Å². The van der Waals surface area contributed by atoms with E-state index in [0.29, 0.717) is 12.1 Å². The summed E-state index contributed by atoms with van der Waals surface area (Å²) in [4.78, 5) is -0.0504. The quantitative estimate of drug-likeness (QED) is 0.845. The van der Waals surface area contributed by atoms with Crippen molar-refractivity contribution in [2.24, 2.45) is 11.1 Å². The van der Waals surface area contributed by atoms with E-state index in [0.717, 1.165) is 31.7 Å². The van der Waals surface area contributed by atoms with Gasteiger partial charge in [-0.25, -0.2) is 17.5 Å². The maximum absolute atomic E-state index is 13.3. The molecule has 1 aliphatic carbocycles. The molecule has 1 aliphatic rings. The summed E-state index contributed by atoms with van der Waals surface area (Å²) in [5, 5.41) is 0. The highest BCUT2D eigenvalue weighted by Crippen LogP contribution is 2.43. The molecule has 6 heteroatoms. The highest BCUT2D eigenvalue weighted by Gasteiger charge is 2.36. The van der Waals surface area contributed by atoms with E-state index in [1.807, 2.05) is 0 Å². The van der Waals surface area contributed by atoms with Crippen LogP contribution >= 0.6 is 0 Å². The van der Waals surface area contributed by atoms with Crippen molar-refractivity contribution in [1.29, 1.82) is 0 Å². The summed E-state index contributed by atoms with van der Waals surface area (Å²) < 4.78 is 40.6. The standard InChI is InChI=1S/C14H21FN2O2S/c1-2-14(6-3-7-14)10-17-20(18,19)13-8-12(15)5-4-11(13)9-16/h4-5,8,17H,2-3,6-7,9-10,16H2,1H3. The van der Waals surface area contributed by atoms with E-state index >= 15 is 0 Å². The van der Waals surface area contributed by atoms with Crippen LogP contribution in [0.15, 0.2) is 23.1 Å². The molecule has 0 aromatic heterocycles. The van der Waals surface area contributed by atoms with Crippen LogP contribution in [-0.2, 0) is 16.6 Å². The van der Waals surface area contributed by atoms with E-state index in [1.54, 1.807) is 0 Å². The summed E-state index contributed by atoms with van der Waals surface area (Å²) in [6.45, 7) is 2.54. The first-order valence-electron chi connectivity index (χ1n) is 6.91. The maximum Gasteiger partial charge on any atom is 0.241 e. The molecule has 2 rings (SSSR count). The van der Waals surface area contributed by atoms with Gasteiger partial charge < -0.3 is 5.73 Å². The van der Waals surface area contributed by atoms with Gasteiger partial charge in [0.2, 0.25) is 10.0 Å². The van der Waals surface area contributed by atoms with Gasteiger partial charge in [-0.3, -0.25) is 0 Å². The van der Waals surface area contributed by atoms with Gasteiger partial charge in [0.1, 0.15) is 5.82 Å². The number of nitrogens with two attached hydrogens (primary N) is 1. The maximum atomic E-state index is 13.3. The van der Waals surface area contributed by atoms with Crippen molar-refractivity contribution in [3.8, 4) is 0 Å². The van der Waals surface area contributed by atoms with Crippen LogP contribution in [0.1, 0.15) is 38.2 Å². The minimum Gasteiger partial charge on any atom is -0.326 e. The molecule has 20 heavy (non-hydrogen) atoms. The fourth-order valence-electron chi connectivity index (χ4n) is 2.61. The lowest BCUT2D eigenvalue weighted by molar-refractivity contribution is 0.133. The monoisotopic (exact) mass is 300 g/mol. The number of nitrogens with one attached hydrogen (secondary N) is 1. The normalized spacial score (nSPS) is 17.8. The molecule has 0 radical (unpaired) electrons. The molecule has 3 N–H and O–H groups in total. The lowest BCUT2D eigenvalue weighted by Crippen LogP contribution is -2.41. The summed E-state index contributed by atoms with van der Waals surface area (Å²) in [7, 11) is -3.72. The zero-order valence-corrected chi connectivity index (χ0v) is 12.5. The van der Waals surface area contributed by atoms with E-state index in [1.165, 1.54) is 12.1 Å². The van der Waals surface area contributed by atoms with Gasteiger partial charge in [-0.1, -0.05) is 19.4 Å². The first-order chi connectivity index (χ1) is 9.42. The van der Waals surface area contributed by atoms with Gasteiger partial charge in [-0.2, -0.15) is 0 Å². The molecular weight excluding hydrogens is 279 g/mol. The van der Waals surface area contributed by atoms with Crippen molar-refractivity contribution in [3.05, 3.63) is 29.6 Å². The summed E-state index contributed by atoms with van der Waals surface area (Å²) in [5.74, 6) is -0.573. The average Bonchev–Trinajstić information content (AvgIpc) is 2.38. The Morgan fingerprint density at radius 1 is 1.40 bits per heavy atom. The summed E-state index contributed by atoms with van der Waals surface area (Å²) in [5.41, 5.74) is 6.03. The molecule has 0 unspecified atom stereocenters. The third-order valence-electron chi connectivity index (χ3n) is 4.34. The van der Waals surface area contributed by atoms with Crippen LogP contribution in [-0.4, -0.2) is 15.0 Å². The lowest BCUT2D eigenvalue weighted by Gasteiger charge is -2.41. The summed E-state index contributed by atoms with van der Waals surface area (Å²) in [6, 6.07) is 3.67. The zero-order chi connectivity index (χ0) is 14.8. The molecule has 4 nitrogen and oxygen atoms in total. The summed E-state index contributed by atoms with van der Waals surface area (Å²) >= 11 is 0. The lowest BCUT2D eigenvalue weighted by atomic mass is 9.67. The molecule has 0 atom stereocenters. The highest BCUT2D eigenvalue weighted by molar-refractivity contribution is 7.89. The second kappa shape index (κ2) is 5.79. The van der Waals surface area contributed by atoms with Gasteiger partial charge in [0.25, 0.3) is 0 Å². The molecule has 1 aromatic carbocycles. The van der Waals surface area contributed by atoms with Gasteiger partial charge in [0.15, 0.2) is 0 Å². The molecule has 0 amide bonds. The topological polar surface area (TPSA) is 72.2 Å². The van der Waals surface area contributed by atoms with Crippen molar-refractivity contribution in [3.63, 3.8) is 0 Å². The predicted molar refractivity (Wildman–Crippen MR) is 76.1 cm³/mol. The van der Waals surface area contributed by atoms with Crippen LogP contribution in [0.2, 0.25) is 0 Å². The molecule has 0 bridgehead atoms. The Labute approximate surface area is 119 Å². The number of benzene rings is 1. The Morgan fingerprint density at radius 2 is 2.10 bits per heavy atom. The Kier molecular flexibility index (Phi) is 4.46. The largest absolute Gasteiger partial charge is 0.326 e. The minimum absolute atomic E-state index is 0.0504. The van der Waals surface area contributed by atoms with Crippen molar-refractivity contribution in [2.45, 2.75) is 44.0 Å². The van der Waals surface area contributed by atoms with Gasteiger partial charge in [0, 0.05) is 13.1 Å². The minimum atomic E-state index is -3.72. The van der Waals surface area contributed by atoms with E-state index < -0.39 is 15.8 Å². The number of hydrogen-bond acceptors (Lipinski definition) is 3. The molecule has 0 aliphatic heterocycles. The van der Waals surface area contributed by atoms with Gasteiger partial charge in [0.05, 0.1) is 4.90 Å². The van der Waals surface area contributed by atoms with Gasteiger partial charge >= 0.3 is 0 Å². The fraction of sp³-hybridized carbons (Fsp3) is 0.571. The third kappa shape index (κ3) is 3.02. The molecule has 0 saturated heterocycles. The molecule has 0 spiro atoms. The first-order valence-corrected chi connectivity index (χ1v) is 8.39. The van der Waals surface area contributed by atoms with E-state index in [9.17, 15) is 12.8 Å². The number of rotatable bonds is 6. The van der Waals surface area contributed by atoms with Crippen LogP contribution in [0, 0.1) is 11.2 Å². The van der Waals surface area contributed by atoms with Crippen molar-refractivity contribution >= 4 is 10.0 Å². The van der Waals surface area contributed by atoms with Crippen molar-refractivity contribution in [2.75, 3.05) is 6.54 Å².